The van der Waals surface area contributed by atoms with E-state index in [1.165, 1.54) is 12.1 Å². The van der Waals surface area contributed by atoms with Gasteiger partial charge in [-0.25, -0.2) is 4.79 Å². The minimum absolute atomic E-state index is 0.200. The number of aromatic amines is 1. The molecule has 0 fully saturated rings. The molecule has 0 atom stereocenters. The van der Waals surface area contributed by atoms with Crippen molar-refractivity contribution in [2.45, 2.75) is 13.8 Å². The average molecular weight is 272 g/mol. The van der Waals surface area contributed by atoms with Gasteiger partial charge in [0.25, 0.3) is 0 Å². The summed E-state index contributed by atoms with van der Waals surface area (Å²) < 4.78 is 0. The largest absolute Gasteiger partial charge is 0.478 e. The van der Waals surface area contributed by atoms with Gasteiger partial charge < -0.3 is 10.4 Å². The predicted octanol–water partition coefficient (Wildman–Crippen LogP) is 2.52. The highest BCUT2D eigenvalue weighted by Crippen LogP contribution is 2.26. The molecular weight excluding hydrogens is 256 g/mol. The SMILES string of the molecule is CNc1ccc(C(=O)O)cc1N=Cc1n[nH]c(C)c1C. The number of hydrogen-bond donors (Lipinski definition) is 3. The number of carbonyl (C=O) groups is 1. The number of aromatic nitrogens is 2. The smallest absolute Gasteiger partial charge is 0.335 e. The van der Waals surface area contributed by atoms with Crippen LogP contribution in [0.4, 0.5) is 11.4 Å². The fraction of sp³-hybridized carbons (Fsp3) is 0.214. The molecule has 20 heavy (non-hydrogen) atoms. The third kappa shape index (κ3) is 2.69. The highest BCUT2D eigenvalue weighted by Gasteiger charge is 2.07. The van der Waals surface area contributed by atoms with Crippen molar-refractivity contribution in [2.24, 2.45) is 4.99 Å². The maximum atomic E-state index is 11.0. The summed E-state index contributed by atoms with van der Waals surface area (Å²) in [6.07, 6.45) is 1.63. The molecule has 1 heterocycles. The molecule has 2 aromatic rings. The van der Waals surface area contributed by atoms with Crippen molar-refractivity contribution in [1.82, 2.24) is 10.2 Å². The van der Waals surface area contributed by atoms with Crippen LogP contribution < -0.4 is 5.32 Å². The summed E-state index contributed by atoms with van der Waals surface area (Å²) in [5.74, 6) is -0.976. The molecule has 0 aliphatic heterocycles. The first-order valence-corrected chi connectivity index (χ1v) is 6.13. The molecular formula is C14H16N4O2. The number of carboxylic acids is 1. The molecule has 0 aliphatic carbocycles. The van der Waals surface area contributed by atoms with Crippen molar-refractivity contribution < 1.29 is 9.90 Å². The Morgan fingerprint density at radius 2 is 2.20 bits per heavy atom. The third-order valence-electron chi connectivity index (χ3n) is 3.13. The number of rotatable bonds is 4. The van der Waals surface area contributed by atoms with Gasteiger partial charge in [-0.15, -0.1) is 0 Å². The van der Waals surface area contributed by atoms with E-state index in [0.717, 1.165) is 22.6 Å². The lowest BCUT2D eigenvalue weighted by Gasteiger charge is -2.05. The Balaban J connectivity index is 2.38. The van der Waals surface area contributed by atoms with E-state index in [9.17, 15) is 4.79 Å². The zero-order valence-electron chi connectivity index (χ0n) is 11.6. The molecule has 104 valence electrons. The van der Waals surface area contributed by atoms with Gasteiger partial charge in [0.1, 0.15) is 5.69 Å². The summed E-state index contributed by atoms with van der Waals surface area (Å²) in [6.45, 7) is 3.89. The third-order valence-corrected chi connectivity index (χ3v) is 3.13. The number of aliphatic imine (C=N–C) groups is 1. The van der Waals surface area contributed by atoms with Crippen LogP contribution >= 0.6 is 0 Å². The van der Waals surface area contributed by atoms with Gasteiger partial charge in [-0.05, 0) is 37.6 Å². The van der Waals surface area contributed by atoms with Crippen molar-refractivity contribution in [3.05, 3.63) is 40.7 Å². The number of carboxylic acid groups (broad SMARTS) is 1. The first kappa shape index (κ1) is 13.8. The molecule has 0 saturated heterocycles. The molecule has 0 saturated carbocycles. The van der Waals surface area contributed by atoms with Crippen molar-refractivity contribution >= 4 is 23.6 Å². The Labute approximate surface area is 116 Å². The Kier molecular flexibility index (Phi) is 3.84. The second kappa shape index (κ2) is 5.56. The van der Waals surface area contributed by atoms with Crippen LogP contribution in [-0.2, 0) is 0 Å². The van der Waals surface area contributed by atoms with E-state index in [2.05, 4.69) is 20.5 Å². The van der Waals surface area contributed by atoms with Crippen LogP contribution in [0.2, 0.25) is 0 Å². The minimum atomic E-state index is -0.976. The first-order chi connectivity index (χ1) is 9.52. The second-order valence-electron chi connectivity index (χ2n) is 4.40. The lowest BCUT2D eigenvalue weighted by atomic mass is 10.1. The van der Waals surface area contributed by atoms with Gasteiger partial charge in [-0.3, -0.25) is 10.1 Å². The van der Waals surface area contributed by atoms with Gasteiger partial charge >= 0.3 is 5.97 Å². The summed E-state index contributed by atoms with van der Waals surface area (Å²) in [5.41, 5.74) is 4.27. The van der Waals surface area contributed by atoms with E-state index >= 15 is 0 Å². The highest BCUT2D eigenvalue weighted by molar-refractivity contribution is 5.91. The van der Waals surface area contributed by atoms with E-state index in [-0.39, 0.29) is 5.56 Å². The summed E-state index contributed by atoms with van der Waals surface area (Å²) in [4.78, 5) is 15.3. The van der Waals surface area contributed by atoms with Crippen LogP contribution in [0.3, 0.4) is 0 Å². The van der Waals surface area contributed by atoms with Crippen molar-refractivity contribution in [3.8, 4) is 0 Å². The van der Waals surface area contributed by atoms with E-state index in [0.29, 0.717) is 5.69 Å². The standard InChI is InChI=1S/C14H16N4O2/c1-8-9(2)17-18-13(8)7-16-12-6-10(14(19)20)4-5-11(12)15-3/h4-7,15H,1-3H3,(H,17,18)(H,19,20). The van der Waals surface area contributed by atoms with Crippen molar-refractivity contribution in [3.63, 3.8) is 0 Å². The first-order valence-electron chi connectivity index (χ1n) is 6.13. The Hall–Kier alpha value is -2.63. The number of benzene rings is 1. The topological polar surface area (TPSA) is 90.4 Å². The quantitative estimate of drug-likeness (QED) is 0.746. The van der Waals surface area contributed by atoms with Crippen LogP contribution in [0.5, 0.6) is 0 Å². The van der Waals surface area contributed by atoms with Crippen molar-refractivity contribution in [1.29, 1.82) is 0 Å². The summed E-state index contributed by atoms with van der Waals surface area (Å²) in [7, 11) is 1.76. The minimum Gasteiger partial charge on any atom is -0.478 e. The molecule has 0 bridgehead atoms. The number of aryl methyl sites for hydroxylation is 1. The molecule has 0 amide bonds. The van der Waals surface area contributed by atoms with E-state index in [4.69, 9.17) is 5.11 Å². The van der Waals surface area contributed by atoms with E-state index in [1.807, 2.05) is 13.8 Å². The number of aromatic carboxylic acids is 1. The Morgan fingerprint density at radius 1 is 1.45 bits per heavy atom. The normalized spacial score (nSPS) is 10.9. The zero-order valence-corrected chi connectivity index (χ0v) is 11.6. The van der Waals surface area contributed by atoms with Gasteiger partial charge in [-0.2, -0.15) is 5.10 Å². The zero-order chi connectivity index (χ0) is 14.7. The molecule has 6 heteroatoms. The number of H-pyrrole nitrogens is 1. The maximum Gasteiger partial charge on any atom is 0.335 e. The Bertz CT molecular complexity index is 674. The van der Waals surface area contributed by atoms with Gasteiger partial charge in [-0.1, -0.05) is 0 Å². The fourth-order valence-electron chi connectivity index (χ4n) is 1.74. The molecule has 0 radical (unpaired) electrons. The van der Waals surface area contributed by atoms with Crippen molar-refractivity contribution in [2.75, 3.05) is 12.4 Å². The van der Waals surface area contributed by atoms with E-state index in [1.54, 1.807) is 19.3 Å². The summed E-state index contributed by atoms with van der Waals surface area (Å²) in [6, 6.07) is 4.76. The summed E-state index contributed by atoms with van der Waals surface area (Å²) in [5, 5.41) is 19.0. The maximum absolute atomic E-state index is 11.0. The van der Waals surface area contributed by atoms with Crippen LogP contribution in [-0.4, -0.2) is 34.5 Å². The van der Waals surface area contributed by atoms with Gasteiger partial charge in [0, 0.05) is 12.7 Å². The predicted molar refractivity (Wildman–Crippen MR) is 78.3 cm³/mol. The molecule has 1 aromatic heterocycles. The van der Waals surface area contributed by atoms with Gasteiger partial charge in [0.05, 0.1) is 23.2 Å². The molecule has 0 aliphatic rings. The molecule has 6 nitrogen and oxygen atoms in total. The lowest BCUT2D eigenvalue weighted by Crippen LogP contribution is -1.97. The number of nitrogens with one attached hydrogen (secondary N) is 2. The summed E-state index contributed by atoms with van der Waals surface area (Å²) >= 11 is 0. The molecule has 0 spiro atoms. The van der Waals surface area contributed by atoms with Crippen LogP contribution in [0.15, 0.2) is 23.2 Å². The van der Waals surface area contributed by atoms with Crippen LogP contribution in [0.1, 0.15) is 27.3 Å². The molecule has 3 N–H and O–H groups in total. The van der Waals surface area contributed by atoms with E-state index < -0.39 is 5.97 Å². The molecule has 1 aromatic carbocycles. The van der Waals surface area contributed by atoms with Gasteiger partial charge in [0.2, 0.25) is 0 Å². The van der Waals surface area contributed by atoms with Gasteiger partial charge in [0.15, 0.2) is 0 Å². The Morgan fingerprint density at radius 3 is 2.75 bits per heavy atom. The number of hydrogen-bond acceptors (Lipinski definition) is 4. The lowest BCUT2D eigenvalue weighted by molar-refractivity contribution is 0.0697. The molecule has 2 rings (SSSR count). The fourth-order valence-corrected chi connectivity index (χ4v) is 1.74. The second-order valence-corrected chi connectivity index (χ2v) is 4.40. The number of nitrogens with zero attached hydrogens (tertiary/aromatic N) is 2. The average Bonchev–Trinajstić information content (AvgIpc) is 2.76. The van der Waals surface area contributed by atoms with Crippen LogP contribution in [0, 0.1) is 13.8 Å². The molecule has 0 unspecified atom stereocenters. The number of anilines is 1. The van der Waals surface area contributed by atoms with Crippen LogP contribution in [0.25, 0.3) is 0 Å². The monoisotopic (exact) mass is 272 g/mol. The highest BCUT2D eigenvalue weighted by atomic mass is 16.4.